The van der Waals surface area contributed by atoms with Gasteiger partial charge < -0.3 is 10.3 Å². The molecule has 2 heterocycles. The Balaban J connectivity index is 2.44. The molecular formula is C11H13N3. The van der Waals surface area contributed by atoms with E-state index in [1.807, 2.05) is 16.7 Å². The van der Waals surface area contributed by atoms with Crippen LogP contribution in [0.3, 0.4) is 0 Å². The summed E-state index contributed by atoms with van der Waals surface area (Å²) in [6.07, 6.45) is 5.79. The standard InChI is InChI=1S/C11H13N3/c1-8-6-14(7-9(8)2)11-4-3-10(12)5-13-11/h3-7H,12H2,1-2H3. The first kappa shape index (κ1) is 8.81. The summed E-state index contributed by atoms with van der Waals surface area (Å²) < 4.78 is 2.00. The number of aryl methyl sites for hydroxylation is 2. The molecular weight excluding hydrogens is 174 g/mol. The Morgan fingerprint density at radius 2 is 1.79 bits per heavy atom. The number of nitrogen functional groups attached to an aromatic ring is 1. The number of nitrogens with two attached hydrogens (primary N) is 1. The molecule has 0 saturated carbocycles. The monoisotopic (exact) mass is 187 g/mol. The number of aromatic nitrogens is 2. The van der Waals surface area contributed by atoms with Crippen LogP contribution in [0.2, 0.25) is 0 Å². The van der Waals surface area contributed by atoms with Gasteiger partial charge in [-0.3, -0.25) is 0 Å². The van der Waals surface area contributed by atoms with Crippen molar-refractivity contribution < 1.29 is 0 Å². The lowest BCUT2D eigenvalue weighted by atomic mass is 10.2. The van der Waals surface area contributed by atoms with Crippen LogP contribution in [0.4, 0.5) is 5.69 Å². The van der Waals surface area contributed by atoms with Gasteiger partial charge in [-0.15, -0.1) is 0 Å². The van der Waals surface area contributed by atoms with Gasteiger partial charge in [-0.25, -0.2) is 4.98 Å². The number of rotatable bonds is 1. The van der Waals surface area contributed by atoms with Crippen LogP contribution in [0.5, 0.6) is 0 Å². The van der Waals surface area contributed by atoms with Gasteiger partial charge in [-0.05, 0) is 37.1 Å². The van der Waals surface area contributed by atoms with E-state index in [2.05, 4.69) is 31.2 Å². The highest BCUT2D eigenvalue weighted by atomic mass is 15.0. The quantitative estimate of drug-likeness (QED) is 0.742. The van der Waals surface area contributed by atoms with Gasteiger partial charge in [0.2, 0.25) is 0 Å². The Hall–Kier alpha value is -1.77. The maximum absolute atomic E-state index is 5.57. The Labute approximate surface area is 83.2 Å². The van der Waals surface area contributed by atoms with E-state index in [9.17, 15) is 0 Å². The molecule has 3 nitrogen and oxygen atoms in total. The van der Waals surface area contributed by atoms with E-state index in [-0.39, 0.29) is 0 Å². The first-order valence-corrected chi connectivity index (χ1v) is 4.54. The molecule has 0 bridgehead atoms. The largest absolute Gasteiger partial charge is 0.397 e. The van der Waals surface area contributed by atoms with E-state index in [1.54, 1.807) is 6.20 Å². The van der Waals surface area contributed by atoms with Crippen molar-refractivity contribution in [3.63, 3.8) is 0 Å². The third-order valence-corrected chi connectivity index (χ3v) is 2.32. The zero-order valence-corrected chi connectivity index (χ0v) is 8.36. The molecule has 0 aliphatic carbocycles. The van der Waals surface area contributed by atoms with E-state index in [4.69, 9.17) is 5.73 Å². The smallest absolute Gasteiger partial charge is 0.136 e. The van der Waals surface area contributed by atoms with Crippen LogP contribution >= 0.6 is 0 Å². The Morgan fingerprint density at radius 3 is 2.29 bits per heavy atom. The average Bonchev–Trinajstić information content (AvgIpc) is 2.48. The first-order valence-electron chi connectivity index (χ1n) is 4.54. The molecule has 0 aliphatic heterocycles. The molecule has 0 saturated heterocycles. The van der Waals surface area contributed by atoms with Gasteiger partial charge in [0.05, 0.1) is 11.9 Å². The van der Waals surface area contributed by atoms with E-state index in [0.717, 1.165) is 5.82 Å². The number of pyridine rings is 1. The second-order valence-electron chi connectivity index (χ2n) is 3.48. The van der Waals surface area contributed by atoms with Crippen molar-refractivity contribution >= 4 is 5.69 Å². The van der Waals surface area contributed by atoms with Crippen LogP contribution in [0.25, 0.3) is 5.82 Å². The zero-order valence-electron chi connectivity index (χ0n) is 8.36. The van der Waals surface area contributed by atoms with E-state index >= 15 is 0 Å². The van der Waals surface area contributed by atoms with E-state index in [1.165, 1.54) is 11.1 Å². The van der Waals surface area contributed by atoms with E-state index in [0.29, 0.717) is 5.69 Å². The number of nitrogens with zero attached hydrogens (tertiary/aromatic N) is 2. The van der Waals surface area contributed by atoms with Crippen LogP contribution in [0.1, 0.15) is 11.1 Å². The van der Waals surface area contributed by atoms with Crippen LogP contribution in [0.15, 0.2) is 30.7 Å². The molecule has 0 unspecified atom stereocenters. The molecule has 2 N–H and O–H groups in total. The van der Waals surface area contributed by atoms with Crippen molar-refractivity contribution in [1.29, 1.82) is 0 Å². The minimum atomic E-state index is 0.689. The van der Waals surface area contributed by atoms with Gasteiger partial charge >= 0.3 is 0 Å². The molecule has 72 valence electrons. The highest BCUT2D eigenvalue weighted by Gasteiger charge is 2.00. The molecule has 2 aromatic rings. The van der Waals surface area contributed by atoms with E-state index < -0.39 is 0 Å². The fourth-order valence-corrected chi connectivity index (χ4v) is 1.34. The lowest BCUT2D eigenvalue weighted by molar-refractivity contribution is 1.00. The summed E-state index contributed by atoms with van der Waals surface area (Å²) in [5, 5.41) is 0. The molecule has 0 fully saturated rings. The van der Waals surface area contributed by atoms with Crippen molar-refractivity contribution in [1.82, 2.24) is 9.55 Å². The number of hydrogen-bond donors (Lipinski definition) is 1. The summed E-state index contributed by atoms with van der Waals surface area (Å²) in [5.74, 6) is 0.899. The molecule has 3 heteroatoms. The molecule has 0 spiro atoms. The third kappa shape index (κ3) is 1.48. The predicted molar refractivity (Wildman–Crippen MR) is 57.5 cm³/mol. The van der Waals surface area contributed by atoms with Crippen molar-refractivity contribution in [2.24, 2.45) is 0 Å². The second kappa shape index (κ2) is 3.18. The van der Waals surface area contributed by atoms with Crippen molar-refractivity contribution in [3.8, 4) is 5.82 Å². The Bertz CT molecular complexity index is 421. The van der Waals surface area contributed by atoms with Crippen LogP contribution in [-0.2, 0) is 0 Å². The predicted octanol–water partition coefficient (Wildman–Crippen LogP) is 2.07. The molecule has 0 aromatic carbocycles. The van der Waals surface area contributed by atoms with Gasteiger partial charge in [0.15, 0.2) is 0 Å². The normalized spacial score (nSPS) is 10.4. The van der Waals surface area contributed by atoms with Crippen LogP contribution < -0.4 is 5.73 Å². The fourth-order valence-electron chi connectivity index (χ4n) is 1.34. The van der Waals surface area contributed by atoms with Gasteiger partial charge in [-0.2, -0.15) is 0 Å². The lowest BCUT2D eigenvalue weighted by Crippen LogP contribution is -1.94. The van der Waals surface area contributed by atoms with Gasteiger partial charge in [0, 0.05) is 12.4 Å². The summed E-state index contributed by atoms with van der Waals surface area (Å²) in [6.45, 7) is 4.17. The van der Waals surface area contributed by atoms with Crippen molar-refractivity contribution in [2.75, 3.05) is 5.73 Å². The topological polar surface area (TPSA) is 43.8 Å². The zero-order chi connectivity index (χ0) is 10.1. The minimum absolute atomic E-state index is 0.689. The van der Waals surface area contributed by atoms with Crippen molar-refractivity contribution in [2.45, 2.75) is 13.8 Å². The molecule has 2 rings (SSSR count). The lowest BCUT2D eigenvalue weighted by Gasteiger charge is -2.00. The summed E-state index contributed by atoms with van der Waals surface area (Å²) in [5.41, 5.74) is 8.79. The molecule has 2 aromatic heterocycles. The molecule has 0 amide bonds. The van der Waals surface area contributed by atoms with Gasteiger partial charge in [0.1, 0.15) is 5.82 Å². The second-order valence-corrected chi connectivity index (χ2v) is 3.48. The number of anilines is 1. The third-order valence-electron chi connectivity index (χ3n) is 2.32. The van der Waals surface area contributed by atoms with Crippen molar-refractivity contribution in [3.05, 3.63) is 41.9 Å². The Kier molecular flexibility index (Phi) is 2.00. The highest BCUT2D eigenvalue weighted by Crippen LogP contribution is 2.13. The minimum Gasteiger partial charge on any atom is -0.397 e. The summed E-state index contributed by atoms with van der Waals surface area (Å²) >= 11 is 0. The van der Waals surface area contributed by atoms with Gasteiger partial charge in [0.25, 0.3) is 0 Å². The summed E-state index contributed by atoms with van der Waals surface area (Å²) in [4.78, 5) is 4.24. The fraction of sp³-hybridized carbons (Fsp3) is 0.182. The highest BCUT2D eigenvalue weighted by molar-refractivity contribution is 5.39. The van der Waals surface area contributed by atoms with Gasteiger partial charge in [-0.1, -0.05) is 0 Å². The molecule has 14 heavy (non-hydrogen) atoms. The van der Waals surface area contributed by atoms with Crippen LogP contribution in [0, 0.1) is 13.8 Å². The van der Waals surface area contributed by atoms with Crippen LogP contribution in [-0.4, -0.2) is 9.55 Å². The molecule has 0 radical (unpaired) electrons. The number of hydrogen-bond acceptors (Lipinski definition) is 2. The SMILES string of the molecule is Cc1cn(-c2ccc(N)cn2)cc1C. The first-order chi connectivity index (χ1) is 6.66. The maximum Gasteiger partial charge on any atom is 0.136 e. The molecule has 0 aliphatic rings. The maximum atomic E-state index is 5.57. The average molecular weight is 187 g/mol. The molecule has 0 atom stereocenters. The summed E-state index contributed by atoms with van der Waals surface area (Å²) in [7, 11) is 0. The summed E-state index contributed by atoms with van der Waals surface area (Å²) in [6, 6.07) is 3.77. The Morgan fingerprint density at radius 1 is 1.14 bits per heavy atom.